The molecule has 1 aliphatic rings. The first kappa shape index (κ1) is 24.1. The molecule has 2 amide bonds. The fraction of sp³-hybridized carbons (Fsp3) is 0.435. The molecule has 2 atom stereocenters. The Morgan fingerprint density at radius 3 is 2.76 bits per heavy atom. The molecule has 3 rings (SSSR count). The van der Waals surface area contributed by atoms with E-state index in [0.29, 0.717) is 24.3 Å². The second-order valence-electron chi connectivity index (χ2n) is 8.13. The average molecular weight is 456 g/mol. The van der Waals surface area contributed by atoms with Crippen LogP contribution < -0.4 is 10.7 Å². The number of esters is 1. The van der Waals surface area contributed by atoms with Gasteiger partial charge in [-0.05, 0) is 37.0 Å². The summed E-state index contributed by atoms with van der Waals surface area (Å²) in [5.74, 6) is -1.82. The summed E-state index contributed by atoms with van der Waals surface area (Å²) in [7, 11) is 0. The third-order valence-electron chi connectivity index (χ3n) is 5.36. The van der Waals surface area contributed by atoms with E-state index < -0.39 is 36.4 Å². The zero-order chi connectivity index (χ0) is 24.0. The summed E-state index contributed by atoms with van der Waals surface area (Å²) in [5.41, 5.74) is 3.68. The van der Waals surface area contributed by atoms with Crippen LogP contribution in [0.15, 0.2) is 41.3 Å². The smallest absolute Gasteiger partial charge is 0.342 e. The van der Waals surface area contributed by atoms with Crippen LogP contribution in [0.4, 0.5) is 0 Å². The number of carbonyl (C=O) groups excluding carboxylic acids is 4. The Hall–Kier alpha value is -3.53. The number of Topliss-reactive ketones (excluding diaryl/α,β-unsaturated/α-hetero) is 1. The number of hydrogen-bond donors (Lipinski definition) is 2. The van der Waals surface area contributed by atoms with E-state index in [9.17, 15) is 19.2 Å². The minimum atomic E-state index is -0.872. The van der Waals surface area contributed by atoms with Crippen LogP contribution in [0.3, 0.4) is 0 Å². The van der Waals surface area contributed by atoms with E-state index in [1.165, 1.54) is 24.3 Å². The molecule has 10 nitrogen and oxygen atoms in total. The lowest BCUT2D eigenvalue weighted by atomic mass is 9.98. The molecule has 1 fully saturated rings. The molecule has 2 aromatic heterocycles. The SMILES string of the molecule is CC(=O)N1NCCCC1C(=O)NC(C(=O)COC(=O)c1ccoc1-c1cccnc1)C(C)C. The summed E-state index contributed by atoms with van der Waals surface area (Å²) >= 11 is 0. The van der Waals surface area contributed by atoms with E-state index in [1.54, 1.807) is 38.4 Å². The first-order valence-corrected chi connectivity index (χ1v) is 10.8. The molecule has 0 spiro atoms. The quantitative estimate of drug-likeness (QED) is 0.574. The molecular formula is C23H28N4O6. The van der Waals surface area contributed by atoms with Crippen molar-refractivity contribution >= 4 is 23.6 Å². The van der Waals surface area contributed by atoms with Gasteiger partial charge in [-0.25, -0.2) is 10.2 Å². The highest BCUT2D eigenvalue weighted by Gasteiger charge is 2.34. The van der Waals surface area contributed by atoms with E-state index in [2.05, 4.69) is 15.7 Å². The van der Waals surface area contributed by atoms with E-state index in [0.717, 1.165) is 6.42 Å². The highest BCUT2D eigenvalue weighted by molar-refractivity contribution is 5.98. The van der Waals surface area contributed by atoms with Gasteiger partial charge in [0.2, 0.25) is 11.8 Å². The Kier molecular flexibility index (Phi) is 7.94. The number of rotatable bonds is 8. The van der Waals surface area contributed by atoms with Gasteiger partial charge in [0.05, 0.1) is 12.3 Å². The van der Waals surface area contributed by atoms with Crippen molar-refractivity contribution in [1.82, 2.24) is 20.7 Å². The van der Waals surface area contributed by atoms with Crippen molar-refractivity contribution in [2.75, 3.05) is 13.2 Å². The van der Waals surface area contributed by atoms with Gasteiger partial charge in [0.25, 0.3) is 0 Å². The second-order valence-corrected chi connectivity index (χ2v) is 8.13. The third-order valence-corrected chi connectivity index (χ3v) is 5.36. The molecule has 0 bridgehead atoms. The zero-order valence-electron chi connectivity index (χ0n) is 18.9. The lowest BCUT2D eigenvalue weighted by Crippen LogP contribution is -2.60. The highest BCUT2D eigenvalue weighted by atomic mass is 16.5. The number of hydrogen-bond acceptors (Lipinski definition) is 8. The molecule has 0 saturated carbocycles. The molecular weight excluding hydrogens is 428 g/mol. The lowest BCUT2D eigenvalue weighted by molar-refractivity contribution is -0.145. The maximum absolute atomic E-state index is 12.8. The Labute approximate surface area is 191 Å². The van der Waals surface area contributed by atoms with Gasteiger partial charge in [-0.3, -0.25) is 24.4 Å². The third kappa shape index (κ3) is 5.83. The molecule has 2 aromatic rings. The predicted molar refractivity (Wildman–Crippen MR) is 118 cm³/mol. The Morgan fingerprint density at radius 1 is 1.30 bits per heavy atom. The Bertz CT molecular complexity index is 1000. The first-order chi connectivity index (χ1) is 15.8. The number of pyridine rings is 1. The highest BCUT2D eigenvalue weighted by Crippen LogP contribution is 2.24. The zero-order valence-corrected chi connectivity index (χ0v) is 18.9. The number of amides is 2. The van der Waals surface area contributed by atoms with E-state index in [-0.39, 0.29) is 17.4 Å². The number of aromatic nitrogens is 1. The van der Waals surface area contributed by atoms with Crippen molar-refractivity contribution in [2.24, 2.45) is 5.92 Å². The Balaban J connectivity index is 1.63. The topological polar surface area (TPSA) is 131 Å². The molecule has 1 aliphatic heterocycles. The normalized spacial score (nSPS) is 16.8. The van der Waals surface area contributed by atoms with Crippen molar-refractivity contribution in [1.29, 1.82) is 0 Å². The maximum Gasteiger partial charge on any atom is 0.342 e. The lowest BCUT2D eigenvalue weighted by Gasteiger charge is -2.35. The monoisotopic (exact) mass is 456 g/mol. The van der Waals surface area contributed by atoms with Crippen LogP contribution in [0, 0.1) is 5.92 Å². The molecule has 2 unspecified atom stereocenters. The van der Waals surface area contributed by atoms with Gasteiger partial charge in [0.1, 0.15) is 17.4 Å². The minimum absolute atomic E-state index is 0.173. The number of ether oxygens (including phenoxy) is 1. The van der Waals surface area contributed by atoms with Crippen molar-refractivity contribution in [2.45, 2.75) is 45.7 Å². The molecule has 10 heteroatoms. The summed E-state index contributed by atoms with van der Waals surface area (Å²) in [6.07, 6.45) is 5.72. The maximum atomic E-state index is 12.8. The molecule has 33 heavy (non-hydrogen) atoms. The summed E-state index contributed by atoms with van der Waals surface area (Å²) in [4.78, 5) is 54.1. The van der Waals surface area contributed by atoms with Crippen molar-refractivity contribution in [3.8, 4) is 11.3 Å². The molecule has 3 heterocycles. The largest absolute Gasteiger partial charge is 0.463 e. The number of carbonyl (C=O) groups is 4. The van der Waals surface area contributed by atoms with Crippen LogP contribution in [0.25, 0.3) is 11.3 Å². The number of nitrogens with zero attached hydrogens (tertiary/aromatic N) is 2. The summed E-state index contributed by atoms with van der Waals surface area (Å²) in [5, 5.41) is 4.02. The molecule has 176 valence electrons. The van der Waals surface area contributed by atoms with Gasteiger partial charge in [-0.15, -0.1) is 0 Å². The van der Waals surface area contributed by atoms with Crippen molar-refractivity contribution in [3.05, 3.63) is 42.4 Å². The fourth-order valence-electron chi connectivity index (χ4n) is 3.68. The second kappa shape index (κ2) is 10.9. The van der Waals surface area contributed by atoms with Crippen molar-refractivity contribution < 1.29 is 28.3 Å². The Morgan fingerprint density at radius 2 is 2.09 bits per heavy atom. The fourth-order valence-corrected chi connectivity index (χ4v) is 3.68. The predicted octanol–water partition coefficient (Wildman–Crippen LogP) is 1.72. The molecule has 0 aromatic carbocycles. The molecule has 1 saturated heterocycles. The van der Waals surface area contributed by atoms with Gasteiger partial charge in [-0.1, -0.05) is 13.8 Å². The number of furan rings is 1. The molecule has 2 N–H and O–H groups in total. The van der Waals surface area contributed by atoms with E-state index in [1.807, 2.05) is 0 Å². The van der Waals surface area contributed by atoms with Gasteiger partial charge in [0, 0.05) is 31.4 Å². The van der Waals surface area contributed by atoms with Crippen molar-refractivity contribution in [3.63, 3.8) is 0 Å². The van der Waals surface area contributed by atoms with Crippen LogP contribution in [0.2, 0.25) is 0 Å². The van der Waals surface area contributed by atoms with Crippen LogP contribution in [-0.2, 0) is 19.1 Å². The number of hydrazine groups is 1. The van der Waals surface area contributed by atoms with Gasteiger partial charge in [-0.2, -0.15) is 0 Å². The first-order valence-electron chi connectivity index (χ1n) is 10.8. The van der Waals surface area contributed by atoms with Gasteiger partial charge >= 0.3 is 5.97 Å². The van der Waals surface area contributed by atoms with E-state index >= 15 is 0 Å². The molecule has 0 radical (unpaired) electrons. The van der Waals surface area contributed by atoms with Crippen LogP contribution >= 0.6 is 0 Å². The van der Waals surface area contributed by atoms with E-state index in [4.69, 9.17) is 9.15 Å². The van der Waals surface area contributed by atoms with Crippen LogP contribution in [0.5, 0.6) is 0 Å². The number of ketones is 1. The summed E-state index contributed by atoms with van der Waals surface area (Å²) in [6.45, 7) is 5.02. The van der Waals surface area contributed by atoms with Crippen LogP contribution in [-0.4, -0.2) is 58.8 Å². The molecule has 0 aliphatic carbocycles. The number of nitrogens with one attached hydrogen (secondary N) is 2. The summed E-state index contributed by atoms with van der Waals surface area (Å²) < 4.78 is 10.6. The van der Waals surface area contributed by atoms with Gasteiger partial charge < -0.3 is 14.5 Å². The van der Waals surface area contributed by atoms with Crippen LogP contribution in [0.1, 0.15) is 44.0 Å². The van der Waals surface area contributed by atoms with Gasteiger partial charge in [0.15, 0.2) is 12.4 Å². The standard InChI is InChI=1S/C23H28N4O6/c1-14(2)20(26-22(30)18-7-5-10-25-27(18)15(3)28)19(29)13-33-23(31)17-8-11-32-21(17)16-6-4-9-24-12-16/h4,6,8-9,11-12,14,18,20,25H,5,7,10,13H2,1-3H3,(H,26,30). The average Bonchev–Trinajstić information content (AvgIpc) is 3.31. The summed E-state index contributed by atoms with van der Waals surface area (Å²) in [6, 6.07) is 3.33. The minimum Gasteiger partial charge on any atom is -0.463 e.